The quantitative estimate of drug-likeness (QED) is 0.0161. The van der Waals surface area contributed by atoms with Gasteiger partial charge in [0.1, 0.15) is 19.8 Å². The number of quaternary nitrogens is 1. The highest BCUT2D eigenvalue weighted by Crippen LogP contribution is 2.38. The Bertz CT molecular complexity index is 1170. The van der Waals surface area contributed by atoms with Gasteiger partial charge in [0.15, 0.2) is 6.10 Å². The molecule has 330 valence electrons. The van der Waals surface area contributed by atoms with Crippen molar-refractivity contribution in [3.63, 3.8) is 0 Å². The van der Waals surface area contributed by atoms with Gasteiger partial charge in [-0.15, -0.1) is 0 Å². The van der Waals surface area contributed by atoms with Crippen molar-refractivity contribution in [1.82, 2.24) is 0 Å². The van der Waals surface area contributed by atoms with Crippen LogP contribution >= 0.6 is 7.82 Å². The summed E-state index contributed by atoms with van der Waals surface area (Å²) >= 11 is 0. The van der Waals surface area contributed by atoms with Crippen LogP contribution in [0.3, 0.4) is 0 Å². The summed E-state index contributed by atoms with van der Waals surface area (Å²) < 4.78 is 33.7. The van der Waals surface area contributed by atoms with Gasteiger partial charge in [-0.05, 0) is 70.6 Å². The monoisotopic (exact) mass is 824 g/mol. The average Bonchev–Trinajstić information content (AvgIpc) is 3.15. The van der Waals surface area contributed by atoms with Gasteiger partial charge < -0.3 is 33.0 Å². The number of rotatable bonds is 39. The van der Waals surface area contributed by atoms with Crippen molar-refractivity contribution in [2.24, 2.45) is 0 Å². The Morgan fingerprint density at radius 1 is 0.649 bits per heavy atom. The van der Waals surface area contributed by atoms with Crippen molar-refractivity contribution < 1.29 is 47.2 Å². The Kier molecular flexibility index (Phi) is 36.4. The molecule has 0 bridgehead atoms. The molecule has 0 aliphatic heterocycles. The number of esters is 2. The third-order valence-electron chi connectivity index (χ3n) is 9.11. The van der Waals surface area contributed by atoms with E-state index in [4.69, 9.17) is 18.5 Å². The maximum Gasteiger partial charge on any atom is 0.306 e. The maximum atomic E-state index is 12.7. The zero-order valence-electron chi connectivity index (χ0n) is 36.6. The van der Waals surface area contributed by atoms with Gasteiger partial charge >= 0.3 is 11.9 Å². The number of aliphatic hydroxyl groups excluding tert-OH is 1. The molecule has 0 fully saturated rings. The van der Waals surface area contributed by atoms with Crippen molar-refractivity contribution >= 4 is 19.8 Å². The van der Waals surface area contributed by atoms with Crippen LogP contribution < -0.4 is 4.89 Å². The van der Waals surface area contributed by atoms with Crippen LogP contribution in [0.1, 0.15) is 162 Å². The smallest absolute Gasteiger partial charge is 0.306 e. The molecular weight excluding hydrogens is 741 g/mol. The lowest BCUT2D eigenvalue weighted by Crippen LogP contribution is -2.37. The van der Waals surface area contributed by atoms with Crippen molar-refractivity contribution in [3.05, 3.63) is 60.8 Å². The van der Waals surface area contributed by atoms with Gasteiger partial charge in [0.2, 0.25) is 0 Å². The number of phosphoric ester groups is 1. The van der Waals surface area contributed by atoms with Crippen LogP contribution in [0.2, 0.25) is 0 Å². The summed E-state index contributed by atoms with van der Waals surface area (Å²) in [4.78, 5) is 37.5. The second-order valence-electron chi connectivity index (χ2n) is 15.9. The molecule has 0 amide bonds. The van der Waals surface area contributed by atoms with E-state index < -0.39 is 38.6 Å². The maximum absolute atomic E-state index is 12.7. The van der Waals surface area contributed by atoms with Gasteiger partial charge in [0.25, 0.3) is 7.82 Å². The van der Waals surface area contributed by atoms with E-state index in [1.54, 1.807) is 12.2 Å². The zero-order valence-corrected chi connectivity index (χ0v) is 37.5. The third kappa shape index (κ3) is 41.6. The van der Waals surface area contributed by atoms with Gasteiger partial charge in [-0.3, -0.25) is 14.2 Å². The highest BCUT2D eigenvalue weighted by molar-refractivity contribution is 7.45. The van der Waals surface area contributed by atoms with Crippen LogP contribution in [0.25, 0.3) is 0 Å². The van der Waals surface area contributed by atoms with E-state index in [0.717, 1.165) is 51.4 Å². The predicted molar refractivity (Wildman–Crippen MR) is 232 cm³/mol. The summed E-state index contributed by atoms with van der Waals surface area (Å²) in [7, 11) is 1.04. The number of ether oxygens (including phenoxy) is 2. The lowest BCUT2D eigenvalue weighted by Gasteiger charge is -2.28. The van der Waals surface area contributed by atoms with Crippen molar-refractivity contribution in [2.75, 3.05) is 47.5 Å². The number of likely N-dealkylation sites (N-methyl/N-ethyl adjacent to an activating group) is 1. The summed E-state index contributed by atoms with van der Waals surface area (Å²) in [5, 5.41) is 10.3. The number of phosphoric acid groups is 1. The molecule has 3 unspecified atom stereocenters. The first-order valence-electron chi connectivity index (χ1n) is 22.1. The highest BCUT2D eigenvalue weighted by Gasteiger charge is 2.22. The fourth-order valence-electron chi connectivity index (χ4n) is 5.57. The molecule has 11 heteroatoms. The molecule has 0 saturated heterocycles. The lowest BCUT2D eigenvalue weighted by molar-refractivity contribution is -0.870. The largest absolute Gasteiger partial charge is 0.756 e. The number of aliphatic hydroxyl groups is 1. The minimum absolute atomic E-state index is 0.00696. The fraction of sp³-hybridized carbons (Fsp3) is 0.739. The second kappa shape index (κ2) is 37.9. The molecule has 0 rings (SSSR count). The molecule has 0 saturated carbocycles. The summed E-state index contributed by atoms with van der Waals surface area (Å²) in [5.41, 5.74) is 0. The molecule has 0 radical (unpaired) electrons. The molecule has 10 nitrogen and oxygen atoms in total. The number of hydrogen-bond donors (Lipinski definition) is 1. The Hall–Kier alpha value is -2.33. The number of carbonyl (C=O) groups excluding carboxylic acids is 2. The first kappa shape index (κ1) is 54.7. The summed E-state index contributed by atoms with van der Waals surface area (Å²) in [6.07, 6.45) is 41.3. The van der Waals surface area contributed by atoms with Crippen LogP contribution in [0, 0.1) is 0 Å². The normalized spacial score (nSPS) is 14.7. The van der Waals surface area contributed by atoms with Crippen LogP contribution in [-0.2, 0) is 32.7 Å². The minimum Gasteiger partial charge on any atom is -0.756 e. The third-order valence-corrected chi connectivity index (χ3v) is 10.1. The van der Waals surface area contributed by atoms with Gasteiger partial charge in [-0.1, -0.05) is 139 Å². The molecular formula is C46H82NO9P. The standard InChI is InChI=1S/C46H82NO9P/c1-6-8-10-12-14-16-18-20-21-23-25-27-29-31-33-37-45(49)53-41-44(42-55-57(51,52)54-40-39-47(3,4)5)56-46(50)38-34-36-43(48)35-32-30-28-26-24-22-19-17-15-13-11-9-7-2/h15,17,20-22,24,28,30,32,35,43-44,48H,6-14,16,18-19,23,25-27,29,31,33-34,36-42H2,1-5H3/b17-15+,21-20-,24-22+,30-28+,35-32+. The second-order valence-corrected chi connectivity index (χ2v) is 17.3. The van der Waals surface area contributed by atoms with E-state index in [0.29, 0.717) is 30.3 Å². The molecule has 0 aliphatic rings. The predicted octanol–water partition coefficient (Wildman–Crippen LogP) is 10.8. The fourth-order valence-corrected chi connectivity index (χ4v) is 6.30. The molecule has 1 N–H and O–H groups in total. The highest BCUT2D eigenvalue weighted by atomic mass is 31.2. The van der Waals surface area contributed by atoms with Gasteiger partial charge in [0.05, 0.1) is 33.9 Å². The van der Waals surface area contributed by atoms with E-state index >= 15 is 0 Å². The number of allylic oxidation sites excluding steroid dienone is 9. The molecule has 0 aromatic rings. The van der Waals surface area contributed by atoms with Crippen molar-refractivity contribution in [1.29, 1.82) is 0 Å². The summed E-state index contributed by atoms with van der Waals surface area (Å²) in [6, 6.07) is 0. The van der Waals surface area contributed by atoms with E-state index in [-0.39, 0.29) is 26.1 Å². The SMILES string of the molecule is CCCCC/C=C/C/C=C/C/C=C/C=C/C(O)CCCC(=O)OC(COC(=O)CCCCCCC/C=C\CCCCCCCC)COP(=O)([O-])OCC[N+](C)(C)C. The Balaban J connectivity index is 4.59. The topological polar surface area (TPSA) is 131 Å². The average molecular weight is 824 g/mol. The Morgan fingerprint density at radius 2 is 1.18 bits per heavy atom. The van der Waals surface area contributed by atoms with Crippen LogP contribution in [0.5, 0.6) is 0 Å². The van der Waals surface area contributed by atoms with Crippen LogP contribution in [0.15, 0.2) is 60.8 Å². The molecule has 0 aromatic heterocycles. The van der Waals surface area contributed by atoms with Crippen molar-refractivity contribution in [3.8, 4) is 0 Å². The van der Waals surface area contributed by atoms with E-state index in [9.17, 15) is 24.2 Å². The zero-order chi connectivity index (χ0) is 42.3. The number of unbranched alkanes of at least 4 members (excludes halogenated alkanes) is 14. The molecule has 0 aliphatic carbocycles. The summed E-state index contributed by atoms with van der Waals surface area (Å²) in [5.74, 6) is -1.05. The number of carbonyl (C=O) groups is 2. The van der Waals surface area contributed by atoms with Gasteiger partial charge in [-0.2, -0.15) is 0 Å². The summed E-state index contributed by atoms with van der Waals surface area (Å²) in [6.45, 7) is 3.94. The van der Waals surface area contributed by atoms with Crippen molar-refractivity contribution in [2.45, 2.75) is 174 Å². The van der Waals surface area contributed by atoms with E-state index in [1.165, 1.54) is 64.2 Å². The molecule has 0 spiro atoms. The molecule has 0 heterocycles. The number of nitrogens with zero attached hydrogens (tertiary/aromatic N) is 1. The first-order chi connectivity index (χ1) is 27.4. The van der Waals surface area contributed by atoms with Crippen LogP contribution in [-0.4, -0.2) is 81.2 Å². The minimum atomic E-state index is -4.68. The first-order valence-corrected chi connectivity index (χ1v) is 23.6. The Labute approximate surface area is 348 Å². The number of hydrogen-bond acceptors (Lipinski definition) is 9. The lowest BCUT2D eigenvalue weighted by atomic mass is 10.1. The molecule has 0 aromatic carbocycles. The van der Waals surface area contributed by atoms with Crippen LogP contribution in [0.4, 0.5) is 0 Å². The van der Waals surface area contributed by atoms with E-state index in [1.807, 2.05) is 33.3 Å². The Morgan fingerprint density at radius 3 is 1.82 bits per heavy atom. The van der Waals surface area contributed by atoms with Gasteiger partial charge in [0, 0.05) is 12.8 Å². The van der Waals surface area contributed by atoms with Gasteiger partial charge in [-0.25, -0.2) is 0 Å². The molecule has 57 heavy (non-hydrogen) atoms. The van der Waals surface area contributed by atoms with E-state index in [2.05, 4.69) is 50.3 Å². The molecule has 3 atom stereocenters.